The van der Waals surface area contributed by atoms with E-state index in [9.17, 15) is 5.11 Å². The number of benzene rings is 1. The quantitative estimate of drug-likeness (QED) is 0.865. The fourth-order valence-corrected chi connectivity index (χ4v) is 2.55. The van der Waals surface area contributed by atoms with Gasteiger partial charge in [0.2, 0.25) is 0 Å². The number of aromatic nitrogens is 1. The molecule has 84 valence electrons. The third-order valence-electron chi connectivity index (χ3n) is 2.78. The molecular weight excluding hydrogens is 218 g/mol. The van der Waals surface area contributed by atoms with Crippen LogP contribution in [-0.2, 0) is 5.60 Å². The minimum absolute atomic E-state index is 0.758. The van der Waals surface area contributed by atoms with Crippen molar-refractivity contribution < 1.29 is 5.11 Å². The van der Waals surface area contributed by atoms with Gasteiger partial charge >= 0.3 is 0 Å². The van der Waals surface area contributed by atoms with Gasteiger partial charge in [-0.05, 0) is 26.3 Å². The lowest BCUT2D eigenvalue weighted by Gasteiger charge is -2.20. The summed E-state index contributed by atoms with van der Waals surface area (Å²) in [5.41, 5.74) is 0.880. The van der Waals surface area contributed by atoms with Crippen LogP contribution in [-0.4, -0.2) is 10.1 Å². The van der Waals surface area contributed by atoms with E-state index < -0.39 is 5.60 Å². The number of aryl methyl sites for hydroxylation is 2. The van der Waals surface area contributed by atoms with E-state index in [1.807, 2.05) is 44.2 Å². The van der Waals surface area contributed by atoms with Crippen LogP contribution in [0.4, 0.5) is 0 Å². The average Bonchev–Trinajstić information content (AvgIpc) is 2.61. The molecule has 3 heteroatoms. The molecule has 0 aliphatic rings. The van der Waals surface area contributed by atoms with E-state index in [-0.39, 0.29) is 0 Å². The van der Waals surface area contributed by atoms with E-state index in [4.69, 9.17) is 0 Å². The summed E-state index contributed by atoms with van der Waals surface area (Å²) in [7, 11) is 0. The van der Waals surface area contributed by atoms with Crippen LogP contribution in [0.1, 0.15) is 28.1 Å². The molecule has 1 aromatic heterocycles. The van der Waals surface area contributed by atoms with Crippen molar-refractivity contribution in [3.8, 4) is 0 Å². The predicted molar refractivity (Wildman–Crippen MR) is 66.7 cm³/mol. The number of thiazole rings is 1. The molecule has 1 N–H and O–H groups in total. The molecule has 1 unspecified atom stereocenters. The summed E-state index contributed by atoms with van der Waals surface area (Å²) in [5.74, 6) is 0. The molecule has 2 nitrogen and oxygen atoms in total. The first-order valence-electron chi connectivity index (χ1n) is 5.24. The van der Waals surface area contributed by atoms with Crippen molar-refractivity contribution >= 4 is 11.3 Å². The van der Waals surface area contributed by atoms with Crippen molar-refractivity contribution in [2.75, 3.05) is 0 Å². The van der Waals surface area contributed by atoms with Gasteiger partial charge in [-0.15, -0.1) is 11.3 Å². The van der Waals surface area contributed by atoms with E-state index >= 15 is 0 Å². The van der Waals surface area contributed by atoms with Crippen LogP contribution < -0.4 is 0 Å². The molecule has 0 spiro atoms. The van der Waals surface area contributed by atoms with Crippen molar-refractivity contribution in [2.24, 2.45) is 0 Å². The SMILES string of the molecule is Cc1nc(C(C)(O)c2ccccc2)sc1C. The normalized spacial score (nSPS) is 14.8. The summed E-state index contributed by atoms with van der Waals surface area (Å²) >= 11 is 1.56. The predicted octanol–water partition coefficient (Wildman–Crippen LogP) is 3.02. The number of nitrogens with zero attached hydrogens (tertiary/aromatic N) is 1. The van der Waals surface area contributed by atoms with Gasteiger partial charge in [0.15, 0.2) is 0 Å². The molecule has 1 aromatic carbocycles. The summed E-state index contributed by atoms with van der Waals surface area (Å²) in [6, 6.07) is 9.64. The van der Waals surface area contributed by atoms with Gasteiger partial charge < -0.3 is 5.11 Å². The third kappa shape index (κ3) is 1.88. The Kier molecular flexibility index (Phi) is 2.82. The molecule has 0 aliphatic carbocycles. The van der Waals surface area contributed by atoms with Crippen molar-refractivity contribution in [1.29, 1.82) is 0 Å². The standard InChI is InChI=1S/C13H15NOS/c1-9-10(2)16-12(14-9)13(3,15)11-7-5-4-6-8-11/h4-8,15H,1-3H3. The fourth-order valence-electron chi connectivity index (χ4n) is 1.57. The lowest BCUT2D eigenvalue weighted by Crippen LogP contribution is -2.22. The number of hydrogen-bond acceptors (Lipinski definition) is 3. The van der Waals surface area contributed by atoms with Gasteiger partial charge in [-0.3, -0.25) is 0 Å². The minimum Gasteiger partial charge on any atom is -0.378 e. The van der Waals surface area contributed by atoms with Crippen molar-refractivity contribution in [2.45, 2.75) is 26.4 Å². The highest BCUT2D eigenvalue weighted by Gasteiger charge is 2.29. The van der Waals surface area contributed by atoms with Crippen LogP contribution in [0.2, 0.25) is 0 Å². The van der Waals surface area contributed by atoms with Gasteiger partial charge in [0.25, 0.3) is 0 Å². The lowest BCUT2D eigenvalue weighted by molar-refractivity contribution is 0.102. The zero-order chi connectivity index (χ0) is 11.8. The van der Waals surface area contributed by atoms with Crippen LogP contribution in [0.25, 0.3) is 0 Å². The molecular formula is C13H15NOS. The molecule has 1 atom stereocenters. The monoisotopic (exact) mass is 233 g/mol. The zero-order valence-electron chi connectivity index (χ0n) is 9.69. The topological polar surface area (TPSA) is 33.1 Å². The second-order valence-corrected chi connectivity index (χ2v) is 5.30. The first-order valence-corrected chi connectivity index (χ1v) is 6.06. The summed E-state index contributed by atoms with van der Waals surface area (Å²) in [6.45, 7) is 5.79. The van der Waals surface area contributed by atoms with Gasteiger partial charge in [0, 0.05) is 4.88 Å². The van der Waals surface area contributed by atoms with Crippen LogP contribution in [0.15, 0.2) is 30.3 Å². The maximum absolute atomic E-state index is 10.5. The average molecular weight is 233 g/mol. The van der Waals surface area contributed by atoms with Crippen LogP contribution >= 0.6 is 11.3 Å². The number of hydrogen-bond donors (Lipinski definition) is 1. The fraction of sp³-hybridized carbons (Fsp3) is 0.308. The van der Waals surface area contributed by atoms with E-state index in [0.717, 1.165) is 21.1 Å². The molecule has 0 saturated carbocycles. The van der Waals surface area contributed by atoms with Gasteiger partial charge in [0.1, 0.15) is 10.6 Å². The molecule has 16 heavy (non-hydrogen) atoms. The first-order chi connectivity index (χ1) is 7.51. The Bertz CT molecular complexity index is 468. The Labute approximate surface area is 99.6 Å². The van der Waals surface area contributed by atoms with Crippen molar-refractivity contribution in [1.82, 2.24) is 4.98 Å². The smallest absolute Gasteiger partial charge is 0.138 e. The molecule has 0 bridgehead atoms. The Morgan fingerprint density at radius 1 is 1.19 bits per heavy atom. The largest absolute Gasteiger partial charge is 0.378 e. The van der Waals surface area contributed by atoms with E-state index in [0.29, 0.717) is 0 Å². The van der Waals surface area contributed by atoms with Crippen molar-refractivity contribution in [3.63, 3.8) is 0 Å². The van der Waals surface area contributed by atoms with Crippen LogP contribution in [0.3, 0.4) is 0 Å². The van der Waals surface area contributed by atoms with Crippen LogP contribution in [0, 0.1) is 13.8 Å². The lowest BCUT2D eigenvalue weighted by atomic mass is 9.97. The first kappa shape index (κ1) is 11.3. The molecule has 2 aromatic rings. The Morgan fingerprint density at radius 2 is 1.81 bits per heavy atom. The summed E-state index contributed by atoms with van der Waals surface area (Å²) in [4.78, 5) is 5.59. The second kappa shape index (κ2) is 4.00. The van der Waals surface area contributed by atoms with Gasteiger partial charge in [-0.25, -0.2) is 4.98 Å². The molecule has 0 radical (unpaired) electrons. The van der Waals surface area contributed by atoms with Gasteiger partial charge in [-0.1, -0.05) is 30.3 Å². The Hall–Kier alpha value is -1.19. The molecule has 0 aliphatic heterocycles. The highest BCUT2D eigenvalue weighted by atomic mass is 32.1. The summed E-state index contributed by atoms with van der Waals surface area (Å²) in [5, 5.41) is 11.3. The summed E-state index contributed by atoms with van der Waals surface area (Å²) in [6.07, 6.45) is 0. The van der Waals surface area contributed by atoms with E-state index in [2.05, 4.69) is 4.98 Å². The molecule has 2 rings (SSSR count). The third-order valence-corrected chi connectivity index (χ3v) is 4.06. The highest BCUT2D eigenvalue weighted by Crippen LogP contribution is 2.32. The minimum atomic E-state index is -0.995. The highest BCUT2D eigenvalue weighted by molar-refractivity contribution is 7.11. The van der Waals surface area contributed by atoms with E-state index in [1.165, 1.54) is 0 Å². The molecule has 1 heterocycles. The number of rotatable bonds is 2. The number of aliphatic hydroxyl groups is 1. The maximum atomic E-state index is 10.5. The Balaban J connectivity index is 2.46. The van der Waals surface area contributed by atoms with Crippen molar-refractivity contribution in [3.05, 3.63) is 51.5 Å². The zero-order valence-corrected chi connectivity index (χ0v) is 10.5. The van der Waals surface area contributed by atoms with Gasteiger partial charge in [-0.2, -0.15) is 0 Å². The Morgan fingerprint density at radius 3 is 2.31 bits per heavy atom. The molecule has 0 fully saturated rings. The van der Waals surface area contributed by atoms with Gasteiger partial charge in [0.05, 0.1) is 5.69 Å². The van der Waals surface area contributed by atoms with Crippen LogP contribution in [0.5, 0.6) is 0 Å². The maximum Gasteiger partial charge on any atom is 0.138 e. The molecule has 0 saturated heterocycles. The second-order valence-electron chi connectivity index (χ2n) is 4.10. The van der Waals surface area contributed by atoms with E-state index in [1.54, 1.807) is 18.3 Å². The summed E-state index contributed by atoms with van der Waals surface area (Å²) < 4.78 is 0. The molecule has 0 amide bonds.